The number of nitrogens with zero attached hydrogens (tertiary/aromatic N) is 3. The van der Waals surface area contributed by atoms with Crippen LogP contribution in [0, 0.1) is 0 Å². The average molecular weight is 450 g/mol. The van der Waals surface area contributed by atoms with E-state index in [-0.39, 0.29) is 5.91 Å². The van der Waals surface area contributed by atoms with Crippen molar-refractivity contribution in [1.29, 1.82) is 0 Å². The van der Waals surface area contributed by atoms with Gasteiger partial charge >= 0.3 is 0 Å². The maximum atomic E-state index is 13.5. The highest BCUT2D eigenvalue weighted by Crippen LogP contribution is 2.39. The predicted octanol–water partition coefficient (Wildman–Crippen LogP) is 4.18. The van der Waals surface area contributed by atoms with Gasteiger partial charge in [-0.2, -0.15) is 0 Å². The number of halogens is 1. The second kappa shape index (κ2) is 9.51. The summed E-state index contributed by atoms with van der Waals surface area (Å²) in [5, 5.41) is 1.14. The quantitative estimate of drug-likeness (QED) is 0.514. The van der Waals surface area contributed by atoms with Gasteiger partial charge in [0.15, 0.2) is 16.6 Å². The normalized spacial score (nSPS) is 11.0. The lowest BCUT2D eigenvalue weighted by Gasteiger charge is -2.23. The summed E-state index contributed by atoms with van der Waals surface area (Å²) in [5.74, 6) is 1.05. The summed E-state index contributed by atoms with van der Waals surface area (Å²) in [6, 6.07) is 8.89. The molecule has 0 saturated carbocycles. The number of hydrogen-bond donors (Lipinski definition) is 0. The van der Waals surface area contributed by atoms with Gasteiger partial charge in [-0.1, -0.05) is 29.0 Å². The van der Waals surface area contributed by atoms with Crippen LogP contribution in [0.3, 0.4) is 0 Å². The molecule has 0 fully saturated rings. The van der Waals surface area contributed by atoms with Crippen LogP contribution in [0.5, 0.6) is 17.2 Å². The highest BCUT2D eigenvalue weighted by molar-refractivity contribution is 7.22. The van der Waals surface area contributed by atoms with Gasteiger partial charge in [0.05, 0.1) is 31.1 Å². The molecule has 1 aromatic heterocycles. The fraction of sp³-hybridized carbons (Fsp3) is 0.333. The van der Waals surface area contributed by atoms with E-state index in [0.717, 1.165) is 4.70 Å². The number of amides is 1. The van der Waals surface area contributed by atoms with E-state index in [9.17, 15) is 4.79 Å². The van der Waals surface area contributed by atoms with E-state index in [1.165, 1.54) is 32.7 Å². The molecule has 0 N–H and O–H groups in total. The Labute approximate surface area is 184 Å². The lowest BCUT2D eigenvalue weighted by atomic mass is 10.1. The number of rotatable bonds is 8. The van der Waals surface area contributed by atoms with E-state index in [0.29, 0.717) is 51.6 Å². The number of aromatic nitrogens is 1. The minimum absolute atomic E-state index is 0.216. The zero-order valence-corrected chi connectivity index (χ0v) is 19.1. The number of carbonyl (C=O) groups excluding carboxylic acids is 1. The third kappa shape index (κ3) is 4.45. The van der Waals surface area contributed by atoms with E-state index in [1.54, 1.807) is 23.1 Å². The number of hydrogen-bond acceptors (Lipinski definition) is 7. The van der Waals surface area contributed by atoms with Crippen molar-refractivity contribution in [3.63, 3.8) is 0 Å². The van der Waals surface area contributed by atoms with Gasteiger partial charge in [-0.05, 0) is 38.4 Å². The van der Waals surface area contributed by atoms with Crippen molar-refractivity contribution in [2.45, 2.75) is 0 Å². The van der Waals surface area contributed by atoms with Crippen LogP contribution >= 0.6 is 22.9 Å². The first-order chi connectivity index (χ1) is 14.4. The van der Waals surface area contributed by atoms with Gasteiger partial charge in [0.1, 0.15) is 5.52 Å². The van der Waals surface area contributed by atoms with Gasteiger partial charge in [-0.15, -0.1) is 0 Å². The summed E-state index contributed by atoms with van der Waals surface area (Å²) in [6.45, 7) is 1.12. The third-order valence-electron chi connectivity index (χ3n) is 4.52. The third-order valence-corrected chi connectivity index (χ3v) is 5.87. The van der Waals surface area contributed by atoms with Crippen LogP contribution in [0.2, 0.25) is 5.02 Å². The molecule has 7 nitrogen and oxygen atoms in total. The van der Waals surface area contributed by atoms with Crippen LogP contribution in [-0.2, 0) is 0 Å². The summed E-state index contributed by atoms with van der Waals surface area (Å²) >= 11 is 7.72. The summed E-state index contributed by atoms with van der Waals surface area (Å²) in [5.41, 5.74) is 1.10. The van der Waals surface area contributed by atoms with Gasteiger partial charge in [0.25, 0.3) is 5.91 Å². The molecular weight excluding hydrogens is 426 g/mol. The molecule has 1 heterocycles. The van der Waals surface area contributed by atoms with Crippen LogP contribution in [0.4, 0.5) is 5.13 Å². The van der Waals surface area contributed by atoms with Gasteiger partial charge in [0.2, 0.25) is 5.75 Å². The van der Waals surface area contributed by atoms with E-state index < -0.39 is 0 Å². The molecule has 0 spiro atoms. The number of fused-ring (bicyclic) bond motifs is 1. The first-order valence-electron chi connectivity index (χ1n) is 9.21. The summed E-state index contributed by atoms with van der Waals surface area (Å²) in [4.78, 5) is 21.9. The van der Waals surface area contributed by atoms with Crippen molar-refractivity contribution in [2.75, 3.05) is 53.4 Å². The van der Waals surface area contributed by atoms with E-state index in [2.05, 4.69) is 4.98 Å². The molecule has 30 heavy (non-hydrogen) atoms. The Kier molecular flexibility index (Phi) is 7.02. The molecule has 0 radical (unpaired) electrons. The SMILES string of the molecule is COc1cc(C(=O)N(CCN(C)C)c2nc3c(Cl)cccc3s2)cc(OC)c1OC. The number of para-hydroxylation sites is 1. The van der Waals surface area contributed by atoms with Crippen LogP contribution < -0.4 is 19.1 Å². The second-order valence-corrected chi connectivity index (χ2v) is 8.17. The highest BCUT2D eigenvalue weighted by Gasteiger charge is 2.25. The van der Waals surface area contributed by atoms with E-state index >= 15 is 0 Å². The summed E-state index contributed by atoms with van der Waals surface area (Å²) in [7, 11) is 8.47. The van der Waals surface area contributed by atoms with Crippen molar-refractivity contribution in [2.24, 2.45) is 0 Å². The molecule has 0 aliphatic heterocycles. The van der Waals surface area contributed by atoms with Crippen molar-refractivity contribution in [1.82, 2.24) is 9.88 Å². The molecule has 0 bridgehead atoms. The molecule has 0 atom stereocenters. The number of carbonyl (C=O) groups is 1. The molecule has 3 rings (SSSR count). The van der Waals surface area contributed by atoms with Crippen LogP contribution in [0.25, 0.3) is 10.2 Å². The highest BCUT2D eigenvalue weighted by atomic mass is 35.5. The minimum Gasteiger partial charge on any atom is -0.493 e. The molecule has 160 valence electrons. The first-order valence-corrected chi connectivity index (χ1v) is 10.4. The van der Waals surface area contributed by atoms with Crippen molar-refractivity contribution < 1.29 is 19.0 Å². The Morgan fingerprint density at radius 2 is 1.73 bits per heavy atom. The summed E-state index contributed by atoms with van der Waals surface area (Å²) < 4.78 is 17.1. The Morgan fingerprint density at radius 1 is 1.07 bits per heavy atom. The summed E-state index contributed by atoms with van der Waals surface area (Å²) in [6.07, 6.45) is 0. The Bertz CT molecular complexity index is 1030. The zero-order chi connectivity index (χ0) is 21.8. The van der Waals surface area contributed by atoms with Gasteiger partial charge < -0.3 is 19.1 Å². The van der Waals surface area contributed by atoms with Gasteiger partial charge in [-0.3, -0.25) is 9.69 Å². The molecule has 2 aromatic carbocycles. The lowest BCUT2D eigenvalue weighted by molar-refractivity contribution is 0.0984. The minimum atomic E-state index is -0.216. The molecule has 9 heteroatoms. The fourth-order valence-corrected chi connectivity index (χ4v) is 4.25. The standard InChI is InChI=1S/C21H24ClN3O4S/c1-24(2)9-10-25(21-23-18-14(22)7-6-8-17(18)30-21)20(26)13-11-15(27-3)19(29-5)16(12-13)28-4/h6-8,11-12H,9-10H2,1-5H3. The lowest BCUT2D eigenvalue weighted by Crippen LogP contribution is -2.36. The fourth-order valence-electron chi connectivity index (χ4n) is 2.96. The molecule has 0 unspecified atom stereocenters. The Hall–Kier alpha value is -2.55. The van der Waals surface area contributed by atoms with Crippen LogP contribution in [-0.4, -0.2) is 64.3 Å². The largest absolute Gasteiger partial charge is 0.493 e. The molecule has 0 aliphatic carbocycles. The number of likely N-dealkylation sites (N-methyl/N-ethyl adjacent to an activating group) is 1. The topological polar surface area (TPSA) is 64.1 Å². The maximum absolute atomic E-state index is 13.5. The average Bonchev–Trinajstić information content (AvgIpc) is 3.17. The van der Waals surface area contributed by atoms with Gasteiger partial charge in [0, 0.05) is 18.7 Å². The van der Waals surface area contributed by atoms with Crippen LogP contribution in [0.1, 0.15) is 10.4 Å². The maximum Gasteiger partial charge on any atom is 0.260 e. The van der Waals surface area contributed by atoms with Crippen molar-refractivity contribution in [3.8, 4) is 17.2 Å². The smallest absolute Gasteiger partial charge is 0.260 e. The molecular formula is C21H24ClN3O4S. The molecule has 0 aliphatic rings. The van der Waals surface area contributed by atoms with Gasteiger partial charge in [-0.25, -0.2) is 4.98 Å². The van der Waals surface area contributed by atoms with Crippen LogP contribution in [0.15, 0.2) is 30.3 Å². The second-order valence-electron chi connectivity index (χ2n) is 6.76. The number of benzene rings is 2. The monoisotopic (exact) mass is 449 g/mol. The zero-order valence-electron chi connectivity index (χ0n) is 17.6. The predicted molar refractivity (Wildman–Crippen MR) is 121 cm³/mol. The van der Waals surface area contributed by atoms with Crippen molar-refractivity contribution >= 4 is 44.2 Å². The first kappa shape index (κ1) is 22.1. The Balaban J connectivity index is 2.07. The number of anilines is 1. The number of methoxy groups -OCH3 is 3. The Morgan fingerprint density at radius 3 is 2.27 bits per heavy atom. The number of thiazole rings is 1. The number of ether oxygens (including phenoxy) is 3. The van der Waals surface area contributed by atoms with E-state index in [4.69, 9.17) is 25.8 Å². The van der Waals surface area contributed by atoms with E-state index in [1.807, 2.05) is 31.1 Å². The van der Waals surface area contributed by atoms with Crippen molar-refractivity contribution in [3.05, 3.63) is 40.9 Å². The molecule has 3 aromatic rings. The molecule has 1 amide bonds. The molecule has 0 saturated heterocycles.